The third-order valence-corrected chi connectivity index (χ3v) is 3.08. The number of rotatable bonds is 4. The molecular weight excluding hydrogens is 288 g/mol. The molecule has 1 aliphatic heterocycles. The number of nitrogens with two attached hydrogens (primary N) is 1. The van der Waals surface area contributed by atoms with Crippen molar-refractivity contribution in [1.29, 1.82) is 0 Å². The van der Waals surface area contributed by atoms with Crippen molar-refractivity contribution >= 4 is 17.8 Å². The molecule has 8 nitrogen and oxygen atoms in total. The normalized spacial score (nSPS) is 18.5. The van der Waals surface area contributed by atoms with Crippen LogP contribution in [0.5, 0.6) is 0 Å². The standard InChI is InChI=1S/C14H16N4O4/c1-7(15)12(19)17-10-6-16-11(18-13(10)20)8-2-4-9(5-3-8)14(21)22/h2-7,11,16H,15H2,1H3,(H,17,19)(H,18,20)(H,21,22). The Bertz CT molecular complexity index is 637. The van der Waals surface area contributed by atoms with E-state index >= 15 is 0 Å². The Labute approximate surface area is 126 Å². The molecule has 0 saturated heterocycles. The van der Waals surface area contributed by atoms with Crippen LogP contribution in [0.4, 0.5) is 0 Å². The molecule has 1 heterocycles. The van der Waals surface area contributed by atoms with Gasteiger partial charge in [-0.05, 0) is 24.6 Å². The predicted octanol–water partition coefficient (Wildman–Crippen LogP) is -0.592. The van der Waals surface area contributed by atoms with Crippen molar-refractivity contribution in [2.75, 3.05) is 0 Å². The Balaban J connectivity index is 2.08. The van der Waals surface area contributed by atoms with Gasteiger partial charge < -0.3 is 26.8 Å². The molecule has 1 aromatic rings. The van der Waals surface area contributed by atoms with Crippen LogP contribution in [0.25, 0.3) is 0 Å². The van der Waals surface area contributed by atoms with Gasteiger partial charge in [0.15, 0.2) is 0 Å². The summed E-state index contributed by atoms with van der Waals surface area (Å²) in [6.07, 6.45) is 0.876. The molecule has 0 aliphatic carbocycles. The summed E-state index contributed by atoms with van der Waals surface area (Å²) >= 11 is 0. The molecule has 0 bridgehead atoms. The van der Waals surface area contributed by atoms with Crippen LogP contribution in [0, 0.1) is 0 Å². The molecule has 2 rings (SSSR count). The summed E-state index contributed by atoms with van der Waals surface area (Å²) in [5.41, 5.74) is 6.33. The molecule has 0 aromatic heterocycles. The molecule has 2 atom stereocenters. The Morgan fingerprint density at radius 1 is 1.32 bits per heavy atom. The first kappa shape index (κ1) is 15.5. The molecule has 22 heavy (non-hydrogen) atoms. The van der Waals surface area contributed by atoms with Crippen molar-refractivity contribution in [3.63, 3.8) is 0 Å². The predicted molar refractivity (Wildman–Crippen MR) is 77.3 cm³/mol. The fraction of sp³-hybridized carbons (Fsp3) is 0.214. The second-order valence-corrected chi connectivity index (χ2v) is 4.84. The topological polar surface area (TPSA) is 134 Å². The number of carboxylic acid groups (broad SMARTS) is 1. The number of carbonyl (C=O) groups is 3. The van der Waals surface area contributed by atoms with Gasteiger partial charge in [-0.1, -0.05) is 12.1 Å². The van der Waals surface area contributed by atoms with Crippen molar-refractivity contribution in [3.05, 3.63) is 47.3 Å². The van der Waals surface area contributed by atoms with Gasteiger partial charge >= 0.3 is 5.97 Å². The van der Waals surface area contributed by atoms with Gasteiger partial charge in [-0.3, -0.25) is 9.59 Å². The van der Waals surface area contributed by atoms with Gasteiger partial charge in [0.05, 0.1) is 11.6 Å². The Hall–Kier alpha value is -2.87. The van der Waals surface area contributed by atoms with Gasteiger partial charge in [0.25, 0.3) is 5.91 Å². The number of hydrogen-bond donors (Lipinski definition) is 5. The minimum atomic E-state index is -1.02. The maximum absolute atomic E-state index is 11.9. The molecule has 0 radical (unpaired) electrons. The van der Waals surface area contributed by atoms with Crippen LogP contribution in [0.15, 0.2) is 36.2 Å². The first-order valence-corrected chi connectivity index (χ1v) is 6.55. The zero-order valence-corrected chi connectivity index (χ0v) is 11.8. The highest BCUT2D eigenvalue weighted by molar-refractivity contribution is 5.99. The van der Waals surface area contributed by atoms with Crippen LogP contribution in [0.3, 0.4) is 0 Å². The van der Waals surface area contributed by atoms with Crippen molar-refractivity contribution < 1.29 is 19.5 Å². The van der Waals surface area contributed by atoms with Gasteiger partial charge in [-0.25, -0.2) is 4.79 Å². The average molecular weight is 304 g/mol. The summed E-state index contributed by atoms with van der Waals surface area (Å²) in [5, 5.41) is 16.8. The van der Waals surface area contributed by atoms with Crippen LogP contribution in [0.2, 0.25) is 0 Å². The lowest BCUT2D eigenvalue weighted by Gasteiger charge is -2.25. The SMILES string of the molecule is CC(N)C(=O)NC1=CNC(c2ccc(C(=O)O)cc2)NC1=O. The highest BCUT2D eigenvalue weighted by Gasteiger charge is 2.23. The van der Waals surface area contributed by atoms with E-state index in [-0.39, 0.29) is 11.3 Å². The van der Waals surface area contributed by atoms with E-state index in [1.54, 1.807) is 12.1 Å². The first-order chi connectivity index (χ1) is 10.4. The molecule has 2 unspecified atom stereocenters. The molecular formula is C14H16N4O4. The van der Waals surface area contributed by atoms with E-state index in [0.717, 1.165) is 0 Å². The molecule has 6 N–H and O–H groups in total. The minimum Gasteiger partial charge on any atom is -0.478 e. The quantitative estimate of drug-likeness (QED) is 0.505. The molecule has 0 fully saturated rings. The van der Waals surface area contributed by atoms with E-state index in [1.807, 2.05) is 0 Å². The summed E-state index contributed by atoms with van der Waals surface area (Å²) in [7, 11) is 0. The summed E-state index contributed by atoms with van der Waals surface area (Å²) in [5.74, 6) is -1.94. The highest BCUT2D eigenvalue weighted by Crippen LogP contribution is 2.15. The third-order valence-electron chi connectivity index (χ3n) is 3.08. The Kier molecular flexibility index (Phi) is 4.42. The highest BCUT2D eigenvalue weighted by atomic mass is 16.4. The summed E-state index contributed by atoms with van der Waals surface area (Å²) in [6.45, 7) is 1.51. The number of nitrogens with one attached hydrogen (secondary N) is 3. The number of carboxylic acids is 1. The molecule has 0 spiro atoms. The number of hydrogen-bond acceptors (Lipinski definition) is 5. The summed E-state index contributed by atoms with van der Waals surface area (Å²) in [6, 6.07) is 5.36. The maximum Gasteiger partial charge on any atom is 0.335 e. The van der Waals surface area contributed by atoms with Gasteiger partial charge in [0.2, 0.25) is 5.91 Å². The second-order valence-electron chi connectivity index (χ2n) is 4.84. The number of aromatic carboxylic acids is 1. The first-order valence-electron chi connectivity index (χ1n) is 6.55. The van der Waals surface area contributed by atoms with Gasteiger partial charge in [0, 0.05) is 6.20 Å². The minimum absolute atomic E-state index is 0.0701. The van der Waals surface area contributed by atoms with E-state index < -0.39 is 30.0 Å². The van der Waals surface area contributed by atoms with Crippen molar-refractivity contribution in [2.45, 2.75) is 19.1 Å². The fourth-order valence-electron chi connectivity index (χ4n) is 1.82. The van der Waals surface area contributed by atoms with Gasteiger partial charge in [-0.15, -0.1) is 0 Å². The van der Waals surface area contributed by atoms with Crippen LogP contribution in [0.1, 0.15) is 29.0 Å². The second kappa shape index (κ2) is 6.27. The van der Waals surface area contributed by atoms with Crippen LogP contribution >= 0.6 is 0 Å². The molecule has 0 saturated carbocycles. The fourth-order valence-corrected chi connectivity index (χ4v) is 1.82. The summed E-state index contributed by atoms with van der Waals surface area (Å²) in [4.78, 5) is 34.2. The number of amides is 2. The molecule has 1 aliphatic rings. The van der Waals surface area contributed by atoms with Crippen LogP contribution < -0.4 is 21.7 Å². The van der Waals surface area contributed by atoms with E-state index in [2.05, 4.69) is 16.0 Å². The van der Waals surface area contributed by atoms with E-state index in [4.69, 9.17) is 10.8 Å². The number of carbonyl (C=O) groups excluding carboxylic acids is 2. The van der Waals surface area contributed by atoms with Crippen molar-refractivity contribution in [2.24, 2.45) is 5.73 Å². The monoisotopic (exact) mass is 304 g/mol. The lowest BCUT2D eigenvalue weighted by atomic mass is 10.1. The van der Waals surface area contributed by atoms with Crippen molar-refractivity contribution in [3.8, 4) is 0 Å². The average Bonchev–Trinajstić information content (AvgIpc) is 2.49. The Morgan fingerprint density at radius 2 is 1.95 bits per heavy atom. The Morgan fingerprint density at radius 3 is 2.45 bits per heavy atom. The molecule has 116 valence electrons. The van der Waals surface area contributed by atoms with E-state index in [1.165, 1.54) is 25.3 Å². The maximum atomic E-state index is 11.9. The van der Waals surface area contributed by atoms with Crippen LogP contribution in [-0.4, -0.2) is 28.9 Å². The van der Waals surface area contributed by atoms with Crippen LogP contribution in [-0.2, 0) is 9.59 Å². The van der Waals surface area contributed by atoms with E-state index in [9.17, 15) is 14.4 Å². The third kappa shape index (κ3) is 3.41. The van der Waals surface area contributed by atoms with Crippen molar-refractivity contribution in [1.82, 2.24) is 16.0 Å². The molecule has 8 heteroatoms. The van der Waals surface area contributed by atoms with E-state index in [0.29, 0.717) is 5.56 Å². The number of benzene rings is 1. The zero-order chi connectivity index (χ0) is 16.3. The smallest absolute Gasteiger partial charge is 0.335 e. The van der Waals surface area contributed by atoms with Gasteiger partial charge in [0.1, 0.15) is 11.9 Å². The zero-order valence-electron chi connectivity index (χ0n) is 11.8. The molecule has 1 aromatic carbocycles. The largest absolute Gasteiger partial charge is 0.478 e. The molecule has 2 amide bonds. The lowest BCUT2D eigenvalue weighted by Crippen LogP contribution is -2.48. The summed E-state index contributed by atoms with van der Waals surface area (Å²) < 4.78 is 0. The van der Waals surface area contributed by atoms with Gasteiger partial charge in [-0.2, -0.15) is 0 Å². The lowest BCUT2D eigenvalue weighted by molar-refractivity contribution is -0.125.